The summed E-state index contributed by atoms with van der Waals surface area (Å²) in [5.74, 6) is 0.759. The van der Waals surface area contributed by atoms with Gasteiger partial charge in [0.2, 0.25) is 0 Å². The van der Waals surface area contributed by atoms with Crippen molar-refractivity contribution in [3.05, 3.63) is 71.5 Å². The highest BCUT2D eigenvalue weighted by atomic mass is 16.5. The van der Waals surface area contributed by atoms with Crippen molar-refractivity contribution in [3.8, 4) is 5.75 Å². The monoisotopic (exact) mass is 472 g/mol. The molecule has 2 aromatic carbocycles. The van der Waals surface area contributed by atoms with E-state index in [1.54, 1.807) is 6.07 Å². The van der Waals surface area contributed by atoms with E-state index in [9.17, 15) is 9.59 Å². The molecule has 2 aliphatic heterocycles. The third-order valence-corrected chi connectivity index (χ3v) is 6.73. The van der Waals surface area contributed by atoms with Crippen molar-refractivity contribution in [3.63, 3.8) is 0 Å². The molecule has 0 unspecified atom stereocenters. The van der Waals surface area contributed by atoms with Gasteiger partial charge >= 0.3 is 0 Å². The lowest BCUT2D eigenvalue weighted by Gasteiger charge is -2.36. The third-order valence-electron chi connectivity index (χ3n) is 6.73. The van der Waals surface area contributed by atoms with Gasteiger partial charge in [-0.25, -0.2) is 0 Å². The molecule has 0 atom stereocenters. The number of anilines is 3. The number of nitrogens with one attached hydrogen (secondary N) is 2. The number of piperazine rings is 1. The Bertz CT molecular complexity index is 1180. The molecule has 0 radical (unpaired) electrons. The van der Waals surface area contributed by atoms with Gasteiger partial charge in [-0.05, 0) is 56.5 Å². The summed E-state index contributed by atoms with van der Waals surface area (Å²) in [6.45, 7) is 5.40. The SMILES string of the molecule is CCOc1cccc(N2CCN(C(=O)c3ccc4c(c3)NC(=O)/C3=C/CCC/C=C(\C3)N4)CC2)c1. The van der Waals surface area contributed by atoms with Crippen molar-refractivity contribution in [2.45, 2.75) is 32.6 Å². The molecule has 182 valence electrons. The van der Waals surface area contributed by atoms with Gasteiger partial charge in [-0.1, -0.05) is 18.2 Å². The van der Waals surface area contributed by atoms with Gasteiger partial charge in [-0.15, -0.1) is 0 Å². The second-order valence-corrected chi connectivity index (χ2v) is 9.12. The molecule has 1 saturated heterocycles. The van der Waals surface area contributed by atoms with Crippen LogP contribution in [0.2, 0.25) is 0 Å². The molecule has 3 aliphatic rings. The Balaban J connectivity index is 1.29. The fourth-order valence-corrected chi connectivity index (χ4v) is 4.84. The lowest BCUT2D eigenvalue weighted by Crippen LogP contribution is -2.48. The van der Waals surface area contributed by atoms with Crippen LogP contribution in [0.5, 0.6) is 5.75 Å². The zero-order valence-corrected chi connectivity index (χ0v) is 20.2. The average molecular weight is 473 g/mol. The Labute approximate surface area is 206 Å². The van der Waals surface area contributed by atoms with Crippen molar-refractivity contribution >= 4 is 28.9 Å². The molecule has 1 fully saturated rings. The highest BCUT2D eigenvalue weighted by Crippen LogP contribution is 2.31. The lowest BCUT2D eigenvalue weighted by molar-refractivity contribution is -0.113. The maximum absolute atomic E-state index is 13.3. The fourth-order valence-electron chi connectivity index (χ4n) is 4.84. The van der Waals surface area contributed by atoms with Gasteiger partial charge in [0.1, 0.15) is 5.75 Å². The van der Waals surface area contributed by atoms with E-state index >= 15 is 0 Å². The smallest absolute Gasteiger partial charge is 0.254 e. The van der Waals surface area contributed by atoms with Crippen LogP contribution in [-0.2, 0) is 4.79 Å². The number of amides is 2. The van der Waals surface area contributed by atoms with Crippen molar-refractivity contribution < 1.29 is 14.3 Å². The van der Waals surface area contributed by atoms with Crippen LogP contribution in [0.4, 0.5) is 17.1 Å². The van der Waals surface area contributed by atoms with E-state index in [2.05, 4.69) is 33.7 Å². The molecule has 2 amide bonds. The second kappa shape index (κ2) is 10.3. The minimum Gasteiger partial charge on any atom is -0.494 e. The second-order valence-electron chi connectivity index (χ2n) is 9.12. The maximum atomic E-state index is 13.3. The average Bonchev–Trinajstić information content (AvgIpc) is 2.85. The Kier molecular flexibility index (Phi) is 6.75. The zero-order valence-electron chi connectivity index (χ0n) is 20.2. The maximum Gasteiger partial charge on any atom is 0.254 e. The summed E-state index contributed by atoms with van der Waals surface area (Å²) >= 11 is 0. The van der Waals surface area contributed by atoms with E-state index in [1.165, 1.54) is 0 Å². The standard InChI is InChI=1S/C28H32N4O3/c1-2-35-24-10-6-9-23(19-24)31-13-15-32(16-14-31)28(34)21-11-12-25-26(18-21)30-27(33)20-7-4-3-5-8-22(17-20)29-25/h6-12,18-19,29H,2-5,13-17H2,1H3,(H,30,33)/b20-7+,22-8+. The van der Waals surface area contributed by atoms with E-state index in [0.29, 0.717) is 37.4 Å². The van der Waals surface area contributed by atoms with E-state index in [-0.39, 0.29) is 11.8 Å². The molecule has 2 bridgehead atoms. The lowest BCUT2D eigenvalue weighted by atomic mass is 10.00. The number of carbonyl (C=O) groups is 2. The molecule has 2 heterocycles. The molecule has 2 aromatic rings. The third kappa shape index (κ3) is 5.19. The van der Waals surface area contributed by atoms with Gasteiger partial charge in [0.25, 0.3) is 11.8 Å². The fraction of sp³-hybridized carbons (Fsp3) is 0.357. The van der Waals surface area contributed by atoms with Crippen molar-refractivity contribution in [1.29, 1.82) is 0 Å². The number of fused-ring (bicyclic) bond motifs is 3. The van der Waals surface area contributed by atoms with Crippen LogP contribution in [0.15, 0.2) is 65.9 Å². The number of hydrogen-bond acceptors (Lipinski definition) is 5. The van der Waals surface area contributed by atoms with Crippen LogP contribution in [0.25, 0.3) is 0 Å². The van der Waals surface area contributed by atoms with E-state index < -0.39 is 0 Å². The highest BCUT2D eigenvalue weighted by molar-refractivity contribution is 6.07. The van der Waals surface area contributed by atoms with Gasteiger partial charge in [-0.3, -0.25) is 9.59 Å². The summed E-state index contributed by atoms with van der Waals surface area (Å²) in [4.78, 5) is 30.4. The first-order valence-electron chi connectivity index (χ1n) is 12.5. The summed E-state index contributed by atoms with van der Waals surface area (Å²) in [6.07, 6.45) is 7.74. The number of allylic oxidation sites excluding steroid dienone is 3. The Morgan fingerprint density at radius 3 is 2.63 bits per heavy atom. The minimum absolute atomic E-state index is 0.0144. The van der Waals surface area contributed by atoms with Crippen LogP contribution < -0.4 is 20.3 Å². The predicted molar refractivity (Wildman–Crippen MR) is 139 cm³/mol. The van der Waals surface area contributed by atoms with Crippen LogP contribution in [0.3, 0.4) is 0 Å². The normalized spacial score (nSPS) is 20.9. The number of benzene rings is 2. The molecule has 2 N–H and O–H groups in total. The van der Waals surface area contributed by atoms with E-state index in [4.69, 9.17) is 4.74 Å². The molecule has 0 spiro atoms. The summed E-state index contributed by atoms with van der Waals surface area (Å²) in [5, 5.41) is 6.49. The largest absolute Gasteiger partial charge is 0.494 e. The van der Waals surface area contributed by atoms with Crippen molar-refractivity contribution in [1.82, 2.24) is 4.90 Å². The summed E-state index contributed by atoms with van der Waals surface area (Å²) in [6, 6.07) is 13.6. The van der Waals surface area contributed by atoms with Gasteiger partial charge in [0, 0.05) is 61.2 Å². The predicted octanol–water partition coefficient (Wildman–Crippen LogP) is 4.80. The number of rotatable bonds is 4. The molecule has 7 heteroatoms. The first kappa shape index (κ1) is 23.0. The van der Waals surface area contributed by atoms with Crippen LogP contribution in [-0.4, -0.2) is 49.5 Å². The van der Waals surface area contributed by atoms with Crippen LogP contribution in [0, 0.1) is 0 Å². The van der Waals surface area contributed by atoms with Crippen LogP contribution in [0.1, 0.15) is 43.0 Å². The van der Waals surface area contributed by atoms with E-state index in [1.807, 2.05) is 42.2 Å². The van der Waals surface area contributed by atoms with E-state index in [0.717, 1.165) is 60.7 Å². The number of nitrogens with zero attached hydrogens (tertiary/aromatic N) is 2. The molecule has 0 aromatic heterocycles. The molecular weight excluding hydrogens is 440 g/mol. The Hall–Kier alpha value is -3.74. The van der Waals surface area contributed by atoms with Gasteiger partial charge in [-0.2, -0.15) is 0 Å². The summed E-state index contributed by atoms with van der Waals surface area (Å²) in [7, 11) is 0. The van der Waals surface area contributed by atoms with Gasteiger partial charge in [0.05, 0.1) is 18.0 Å². The Morgan fingerprint density at radius 2 is 1.80 bits per heavy atom. The first-order chi connectivity index (χ1) is 17.1. The van der Waals surface area contributed by atoms with Crippen LogP contribution >= 0.6 is 0 Å². The van der Waals surface area contributed by atoms with Crippen molar-refractivity contribution in [2.24, 2.45) is 0 Å². The van der Waals surface area contributed by atoms with Crippen molar-refractivity contribution in [2.75, 3.05) is 48.3 Å². The quantitative estimate of drug-likeness (QED) is 0.669. The molecule has 35 heavy (non-hydrogen) atoms. The molecular formula is C28H32N4O3. The zero-order chi connectivity index (χ0) is 24.2. The van der Waals surface area contributed by atoms with Gasteiger partial charge in [0.15, 0.2) is 0 Å². The first-order valence-corrected chi connectivity index (χ1v) is 12.5. The molecule has 5 rings (SSSR count). The number of hydrogen-bond donors (Lipinski definition) is 2. The summed E-state index contributed by atoms with van der Waals surface area (Å²) in [5.41, 5.74) is 4.97. The van der Waals surface area contributed by atoms with Gasteiger partial charge < -0.3 is 25.2 Å². The highest BCUT2D eigenvalue weighted by Gasteiger charge is 2.25. The topological polar surface area (TPSA) is 73.9 Å². The molecule has 1 aliphatic carbocycles. The summed E-state index contributed by atoms with van der Waals surface area (Å²) < 4.78 is 5.63. The molecule has 7 nitrogen and oxygen atoms in total. The minimum atomic E-state index is -0.0898. The molecule has 0 saturated carbocycles. The Morgan fingerprint density at radius 1 is 0.971 bits per heavy atom. The number of ether oxygens (including phenoxy) is 1. The number of carbonyl (C=O) groups excluding carboxylic acids is 2.